The number of hydrogen-bond acceptors (Lipinski definition) is 7. The molecule has 3 heterocycles. The van der Waals surface area contributed by atoms with Crippen LogP contribution in [0.3, 0.4) is 0 Å². The van der Waals surface area contributed by atoms with Crippen LogP contribution in [-0.4, -0.2) is 53.8 Å². The molecule has 40 heavy (non-hydrogen) atoms. The Balaban J connectivity index is 1.60. The summed E-state index contributed by atoms with van der Waals surface area (Å²) >= 11 is 6.06. The molecule has 0 aliphatic carbocycles. The summed E-state index contributed by atoms with van der Waals surface area (Å²) in [7, 11) is 1.32. The van der Waals surface area contributed by atoms with Crippen LogP contribution in [0.2, 0.25) is 5.02 Å². The molecule has 210 valence electrons. The number of methoxy groups -OCH3 is 1. The van der Waals surface area contributed by atoms with E-state index in [2.05, 4.69) is 15.1 Å². The third-order valence-electron chi connectivity index (χ3n) is 6.66. The van der Waals surface area contributed by atoms with Gasteiger partial charge in [-0.15, -0.1) is 0 Å². The molecule has 6 atom stereocenters. The van der Waals surface area contributed by atoms with E-state index < -0.39 is 60.1 Å². The number of halogens is 4. The van der Waals surface area contributed by atoms with Crippen LogP contribution in [0.5, 0.6) is 0 Å². The summed E-state index contributed by atoms with van der Waals surface area (Å²) in [5.41, 5.74) is 13.7. The van der Waals surface area contributed by atoms with Crippen molar-refractivity contribution in [3.05, 3.63) is 92.6 Å². The Labute approximate surface area is 230 Å². The lowest BCUT2D eigenvalue weighted by molar-refractivity contribution is -0.310. The highest BCUT2D eigenvalue weighted by Crippen LogP contribution is 2.43. The minimum absolute atomic E-state index is 0.00358. The second-order valence-electron chi connectivity index (χ2n) is 9.06. The Morgan fingerprint density at radius 3 is 2.62 bits per heavy atom. The number of fused-ring (bicyclic) bond motifs is 1. The monoisotopic (exact) mass is 578 g/mol. The maximum Gasteiger partial charge on any atom is 0.418 e. The quantitative estimate of drug-likeness (QED) is 0.250. The van der Waals surface area contributed by atoms with Crippen molar-refractivity contribution in [2.45, 2.75) is 42.9 Å². The molecule has 0 bridgehead atoms. The number of benzene rings is 2. The fourth-order valence-corrected chi connectivity index (χ4v) is 5.07. The van der Waals surface area contributed by atoms with Crippen molar-refractivity contribution in [2.24, 2.45) is 10.8 Å². The van der Waals surface area contributed by atoms with E-state index in [1.165, 1.54) is 13.2 Å². The average molecular weight is 579 g/mol. The Morgan fingerprint density at radius 1 is 1.23 bits per heavy atom. The van der Waals surface area contributed by atoms with Gasteiger partial charge in [-0.05, 0) is 29.8 Å². The molecule has 2 aromatic carbocycles. The number of azide groups is 1. The molecular weight excluding hydrogens is 557 g/mol. The highest BCUT2D eigenvalue weighted by atomic mass is 35.5. The average Bonchev–Trinajstić information content (AvgIpc) is 3.38. The van der Waals surface area contributed by atoms with Gasteiger partial charge >= 0.3 is 6.18 Å². The van der Waals surface area contributed by atoms with Crippen LogP contribution in [0.25, 0.3) is 16.1 Å². The molecule has 2 aliphatic rings. The number of hydrogen-bond donors (Lipinski definition) is 1. The number of amides is 1. The van der Waals surface area contributed by atoms with Crippen LogP contribution < -0.4 is 5.73 Å². The van der Waals surface area contributed by atoms with E-state index >= 15 is 0 Å². The van der Waals surface area contributed by atoms with Crippen molar-refractivity contribution in [1.82, 2.24) is 9.78 Å². The van der Waals surface area contributed by atoms with Gasteiger partial charge in [0.15, 0.2) is 12.0 Å². The zero-order valence-electron chi connectivity index (χ0n) is 20.7. The number of aromatic nitrogens is 2. The van der Waals surface area contributed by atoms with Crippen molar-refractivity contribution in [3.63, 3.8) is 0 Å². The molecule has 3 aromatic rings. The molecule has 2 saturated heterocycles. The Bertz CT molecular complexity index is 1450. The van der Waals surface area contributed by atoms with Gasteiger partial charge in [-0.25, -0.2) is 4.68 Å². The van der Waals surface area contributed by atoms with E-state index in [0.29, 0.717) is 0 Å². The van der Waals surface area contributed by atoms with Crippen LogP contribution in [-0.2, 0) is 25.1 Å². The number of nitrogens with zero attached hydrogens (tertiary/aromatic N) is 5. The first-order valence-electron chi connectivity index (χ1n) is 11.9. The van der Waals surface area contributed by atoms with E-state index in [1.807, 2.05) is 18.2 Å². The number of nitrogens with two attached hydrogens (primary N) is 1. The summed E-state index contributed by atoms with van der Waals surface area (Å²) in [5, 5.41) is 7.95. The van der Waals surface area contributed by atoms with Crippen LogP contribution in [0.15, 0.2) is 59.7 Å². The van der Waals surface area contributed by atoms with Crippen molar-refractivity contribution in [2.75, 3.05) is 13.7 Å². The van der Waals surface area contributed by atoms with Crippen LogP contribution in [0.4, 0.5) is 13.2 Å². The number of alkyl halides is 3. The molecule has 11 nitrogen and oxygen atoms in total. The molecule has 1 aromatic heterocycles. The minimum atomic E-state index is -4.79. The first-order valence-corrected chi connectivity index (χ1v) is 12.3. The third-order valence-corrected chi connectivity index (χ3v) is 6.89. The summed E-state index contributed by atoms with van der Waals surface area (Å²) < 4.78 is 66.8. The highest BCUT2D eigenvalue weighted by molar-refractivity contribution is 6.30. The lowest BCUT2D eigenvalue weighted by Gasteiger charge is -2.48. The normalized spacial score (nSPS) is 26.5. The van der Waals surface area contributed by atoms with E-state index in [4.69, 9.17) is 36.3 Å². The zero-order chi connectivity index (χ0) is 28.6. The summed E-state index contributed by atoms with van der Waals surface area (Å²) in [6, 6.07) is 12.2. The van der Waals surface area contributed by atoms with Gasteiger partial charge in [-0.3, -0.25) is 4.79 Å². The molecule has 0 saturated carbocycles. The molecule has 5 rings (SSSR count). The first kappa shape index (κ1) is 27.9. The standard InChI is InChI=1S/C25H22ClF3N6O5/c1-37-22-19(32-34-31)21-18(11-38-24(40-21)12-5-3-2-4-6-12)39-20(22)17-10-15(23(30)36)33-35(17)16-9-13(26)7-8-14(16)25(27,28)29/h2-10,18-22,24H,11H2,1H3,(H2,30,36)/t18?,19?,20-,21-,22?,24?/m0/s1. The first-order chi connectivity index (χ1) is 19.1. The van der Waals surface area contributed by atoms with Crippen molar-refractivity contribution >= 4 is 17.5 Å². The molecule has 0 radical (unpaired) electrons. The predicted molar refractivity (Wildman–Crippen MR) is 133 cm³/mol. The summed E-state index contributed by atoms with van der Waals surface area (Å²) in [5.74, 6) is -0.986. The fourth-order valence-electron chi connectivity index (χ4n) is 4.90. The summed E-state index contributed by atoms with van der Waals surface area (Å²) in [4.78, 5) is 15.0. The van der Waals surface area contributed by atoms with Crippen LogP contribution >= 0.6 is 11.6 Å². The molecule has 2 fully saturated rings. The van der Waals surface area contributed by atoms with E-state index in [-0.39, 0.29) is 23.0 Å². The smallest absolute Gasteiger partial charge is 0.378 e. The highest BCUT2D eigenvalue weighted by Gasteiger charge is 2.51. The van der Waals surface area contributed by atoms with E-state index in [1.54, 1.807) is 12.1 Å². The molecule has 2 N–H and O–H groups in total. The SMILES string of the molecule is COC1C(N=[N+]=[N-])[C@H]2OC(c3ccccc3)OCC2O[C@H]1c1cc(C(N)=O)nn1-c1cc(Cl)ccc1C(F)(F)F. The molecule has 2 aliphatic heterocycles. The Kier molecular flexibility index (Phi) is 7.73. The van der Waals surface area contributed by atoms with Crippen LogP contribution in [0.1, 0.15) is 39.7 Å². The number of ether oxygens (including phenoxy) is 4. The van der Waals surface area contributed by atoms with Crippen molar-refractivity contribution < 1.29 is 36.9 Å². The second-order valence-corrected chi connectivity index (χ2v) is 9.49. The third kappa shape index (κ3) is 5.24. The maximum absolute atomic E-state index is 14.0. The summed E-state index contributed by atoms with van der Waals surface area (Å²) in [6.07, 6.45) is -9.50. The van der Waals surface area contributed by atoms with Crippen molar-refractivity contribution in [1.29, 1.82) is 0 Å². The number of carbonyl (C=O) groups is 1. The molecule has 0 spiro atoms. The fraction of sp³-hybridized carbons (Fsp3) is 0.360. The molecular formula is C25H22ClF3N6O5. The Hall–Kier alpha value is -3.65. The maximum atomic E-state index is 14.0. The van der Waals surface area contributed by atoms with Gasteiger partial charge in [0.1, 0.15) is 24.4 Å². The largest absolute Gasteiger partial charge is 0.418 e. The van der Waals surface area contributed by atoms with Gasteiger partial charge in [-0.1, -0.05) is 47.0 Å². The van der Waals surface area contributed by atoms with Gasteiger partial charge in [0.25, 0.3) is 5.91 Å². The van der Waals surface area contributed by atoms with E-state index in [0.717, 1.165) is 28.4 Å². The number of primary amides is 1. The lowest BCUT2D eigenvalue weighted by Crippen LogP contribution is -2.59. The second kappa shape index (κ2) is 11.1. The Morgan fingerprint density at radius 2 is 1.98 bits per heavy atom. The number of rotatable bonds is 6. The topological polar surface area (TPSA) is 147 Å². The molecule has 1 amide bonds. The van der Waals surface area contributed by atoms with E-state index in [9.17, 15) is 23.5 Å². The lowest BCUT2D eigenvalue weighted by atomic mass is 9.90. The van der Waals surface area contributed by atoms with Gasteiger partial charge in [0, 0.05) is 22.6 Å². The molecule has 15 heteroatoms. The predicted octanol–water partition coefficient (Wildman–Crippen LogP) is 4.89. The van der Waals surface area contributed by atoms with Crippen molar-refractivity contribution in [3.8, 4) is 5.69 Å². The van der Waals surface area contributed by atoms with Gasteiger partial charge in [-0.2, -0.15) is 18.3 Å². The van der Waals surface area contributed by atoms with Gasteiger partial charge in [0.2, 0.25) is 0 Å². The van der Waals surface area contributed by atoms with Gasteiger partial charge < -0.3 is 24.7 Å². The minimum Gasteiger partial charge on any atom is -0.378 e. The summed E-state index contributed by atoms with van der Waals surface area (Å²) in [6.45, 7) is -0.00358. The molecule has 4 unspecified atom stereocenters. The number of carbonyl (C=O) groups excluding carboxylic acids is 1. The zero-order valence-corrected chi connectivity index (χ0v) is 21.5. The van der Waals surface area contributed by atoms with Gasteiger partial charge in [0.05, 0.1) is 29.6 Å². The van der Waals surface area contributed by atoms with Crippen LogP contribution in [0, 0.1) is 0 Å².